The Morgan fingerprint density at radius 2 is 1.94 bits per heavy atom. The van der Waals surface area contributed by atoms with Gasteiger partial charge in [0.15, 0.2) is 0 Å². The fourth-order valence-corrected chi connectivity index (χ4v) is 2.98. The number of nitriles is 1. The molecule has 2 aliphatic carbocycles. The standard InChI is InChI=1S/C13H22N2O/c14-9-11-5-2-1-3-6-12(11)15-13(10-16)7-4-8-13/h11-12,15-16H,1-8,10H2. The van der Waals surface area contributed by atoms with E-state index in [0.717, 1.165) is 25.7 Å². The van der Waals surface area contributed by atoms with Crippen molar-refractivity contribution in [2.75, 3.05) is 6.61 Å². The molecular weight excluding hydrogens is 200 g/mol. The topological polar surface area (TPSA) is 56.0 Å². The first-order chi connectivity index (χ1) is 7.79. The zero-order chi connectivity index (χ0) is 11.4. The maximum atomic E-state index is 9.45. The second kappa shape index (κ2) is 5.16. The maximum Gasteiger partial charge on any atom is 0.0672 e. The van der Waals surface area contributed by atoms with Crippen LogP contribution in [0.3, 0.4) is 0 Å². The van der Waals surface area contributed by atoms with Gasteiger partial charge in [0, 0.05) is 11.6 Å². The number of nitrogens with one attached hydrogen (secondary N) is 1. The van der Waals surface area contributed by atoms with Gasteiger partial charge < -0.3 is 10.4 Å². The lowest BCUT2D eigenvalue weighted by molar-refractivity contribution is 0.0696. The molecule has 0 radical (unpaired) electrons. The van der Waals surface area contributed by atoms with Crippen LogP contribution in [0.2, 0.25) is 0 Å². The summed E-state index contributed by atoms with van der Waals surface area (Å²) < 4.78 is 0. The van der Waals surface area contributed by atoms with Gasteiger partial charge in [-0.2, -0.15) is 5.26 Å². The number of nitrogens with zero attached hydrogens (tertiary/aromatic N) is 1. The molecule has 0 spiro atoms. The van der Waals surface area contributed by atoms with E-state index in [1.165, 1.54) is 25.7 Å². The van der Waals surface area contributed by atoms with Crippen LogP contribution in [0.25, 0.3) is 0 Å². The maximum absolute atomic E-state index is 9.45. The fourth-order valence-electron chi connectivity index (χ4n) is 2.98. The van der Waals surface area contributed by atoms with E-state index < -0.39 is 0 Å². The first-order valence-electron chi connectivity index (χ1n) is 6.58. The lowest BCUT2D eigenvalue weighted by atomic mass is 9.76. The first kappa shape index (κ1) is 11.9. The van der Waals surface area contributed by atoms with E-state index in [1.807, 2.05) is 0 Å². The van der Waals surface area contributed by atoms with Crippen LogP contribution in [0.1, 0.15) is 51.4 Å². The van der Waals surface area contributed by atoms with Crippen molar-refractivity contribution in [3.05, 3.63) is 0 Å². The van der Waals surface area contributed by atoms with Crippen LogP contribution in [0.15, 0.2) is 0 Å². The third-order valence-corrected chi connectivity index (χ3v) is 4.29. The number of hydrogen-bond acceptors (Lipinski definition) is 3. The summed E-state index contributed by atoms with van der Waals surface area (Å²) in [5.41, 5.74) is -0.0515. The van der Waals surface area contributed by atoms with Crippen molar-refractivity contribution < 1.29 is 5.11 Å². The molecule has 16 heavy (non-hydrogen) atoms. The van der Waals surface area contributed by atoms with Gasteiger partial charge in [0.05, 0.1) is 18.6 Å². The van der Waals surface area contributed by atoms with E-state index in [2.05, 4.69) is 11.4 Å². The number of aliphatic hydroxyl groups excluding tert-OH is 1. The molecule has 2 fully saturated rings. The highest BCUT2D eigenvalue weighted by Crippen LogP contribution is 2.34. The molecule has 0 aromatic rings. The Balaban J connectivity index is 1.97. The Labute approximate surface area is 97.8 Å². The molecule has 90 valence electrons. The molecule has 0 amide bonds. The van der Waals surface area contributed by atoms with Gasteiger partial charge in [-0.3, -0.25) is 0 Å². The van der Waals surface area contributed by atoms with E-state index in [1.54, 1.807) is 0 Å². The zero-order valence-corrected chi connectivity index (χ0v) is 9.91. The van der Waals surface area contributed by atoms with E-state index in [-0.39, 0.29) is 18.1 Å². The van der Waals surface area contributed by atoms with E-state index >= 15 is 0 Å². The Morgan fingerprint density at radius 3 is 2.50 bits per heavy atom. The van der Waals surface area contributed by atoms with Crippen LogP contribution < -0.4 is 5.32 Å². The van der Waals surface area contributed by atoms with Gasteiger partial charge in [0.25, 0.3) is 0 Å². The summed E-state index contributed by atoms with van der Waals surface area (Å²) in [4.78, 5) is 0. The number of aliphatic hydroxyl groups is 1. The van der Waals surface area contributed by atoms with Crippen LogP contribution in [-0.4, -0.2) is 23.3 Å². The number of rotatable bonds is 3. The predicted molar refractivity (Wildman–Crippen MR) is 62.8 cm³/mol. The molecule has 2 saturated carbocycles. The minimum Gasteiger partial charge on any atom is -0.394 e. The van der Waals surface area contributed by atoms with Crippen molar-refractivity contribution in [3.8, 4) is 6.07 Å². The highest BCUT2D eigenvalue weighted by Gasteiger charge is 2.39. The SMILES string of the molecule is N#CC1CCCCCC1NC1(CO)CCC1. The van der Waals surface area contributed by atoms with E-state index in [4.69, 9.17) is 0 Å². The minimum atomic E-state index is -0.0515. The molecular formula is C13H22N2O. The second-order valence-corrected chi connectivity index (χ2v) is 5.42. The molecule has 2 rings (SSSR count). The zero-order valence-electron chi connectivity index (χ0n) is 9.91. The van der Waals surface area contributed by atoms with Gasteiger partial charge >= 0.3 is 0 Å². The summed E-state index contributed by atoms with van der Waals surface area (Å²) in [5, 5.41) is 22.2. The summed E-state index contributed by atoms with van der Waals surface area (Å²) in [6.07, 6.45) is 9.12. The Morgan fingerprint density at radius 1 is 1.19 bits per heavy atom. The van der Waals surface area contributed by atoms with Crippen LogP contribution in [0.5, 0.6) is 0 Å². The van der Waals surface area contributed by atoms with Crippen molar-refractivity contribution in [1.82, 2.24) is 5.32 Å². The van der Waals surface area contributed by atoms with Crippen LogP contribution in [0, 0.1) is 17.2 Å². The molecule has 3 nitrogen and oxygen atoms in total. The molecule has 3 heteroatoms. The molecule has 2 N–H and O–H groups in total. The van der Waals surface area contributed by atoms with Gasteiger partial charge in [-0.15, -0.1) is 0 Å². The van der Waals surface area contributed by atoms with Gasteiger partial charge in [-0.1, -0.05) is 19.3 Å². The summed E-state index contributed by atoms with van der Waals surface area (Å²) in [7, 11) is 0. The van der Waals surface area contributed by atoms with E-state index in [9.17, 15) is 10.4 Å². The summed E-state index contributed by atoms with van der Waals surface area (Å²) >= 11 is 0. The normalized spacial score (nSPS) is 33.5. The molecule has 2 atom stereocenters. The van der Waals surface area contributed by atoms with Gasteiger partial charge in [0.2, 0.25) is 0 Å². The predicted octanol–water partition coefficient (Wildman–Crippen LogP) is 1.96. The Kier molecular flexibility index (Phi) is 3.83. The highest BCUT2D eigenvalue weighted by atomic mass is 16.3. The Hall–Kier alpha value is -0.590. The third-order valence-electron chi connectivity index (χ3n) is 4.29. The Bertz CT molecular complexity index is 262. The minimum absolute atomic E-state index is 0.0515. The summed E-state index contributed by atoms with van der Waals surface area (Å²) in [5.74, 6) is 0.145. The number of hydrogen-bond donors (Lipinski definition) is 2. The molecule has 2 aliphatic rings. The van der Waals surface area contributed by atoms with Gasteiger partial charge in [-0.25, -0.2) is 0 Å². The van der Waals surface area contributed by atoms with Crippen molar-refractivity contribution in [2.24, 2.45) is 5.92 Å². The first-order valence-corrected chi connectivity index (χ1v) is 6.58. The molecule has 0 aliphatic heterocycles. The average Bonchev–Trinajstić information content (AvgIpc) is 2.48. The third kappa shape index (κ3) is 2.39. The monoisotopic (exact) mass is 222 g/mol. The van der Waals surface area contributed by atoms with Crippen molar-refractivity contribution in [2.45, 2.75) is 62.9 Å². The molecule has 0 saturated heterocycles. The second-order valence-electron chi connectivity index (χ2n) is 5.42. The molecule has 2 unspecified atom stereocenters. The van der Waals surface area contributed by atoms with Crippen LogP contribution in [0.4, 0.5) is 0 Å². The highest BCUT2D eigenvalue weighted by molar-refractivity contribution is 5.02. The smallest absolute Gasteiger partial charge is 0.0672 e. The van der Waals surface area contributed by atoms with Crippen LogP contribution >= 0.6 is 0 Å². The lowest BCUT2D eigenvalue weighted by Crippen LogP contribution is -2.58. The molecule has 0 heterocycles. The van der Waals surface area contributed by atoms with Crippen molar-refractivity contribution in [1.29, 1.82) is 5.26 Å². The van der Waals surface area contributed by atoms with Crippen LogP contribution in [-0.2, 0) is 0 Å². The molecule has 0 aromatic carbocycles. The lowest BCUT2D eigenvalue weighted by Gasteiger charge is -2.44. The fraction of sp³-hybridized carbons (Fsp3) is 0.923. The van der Waals surface area contributed by atoms with Crippen molar-refractivity contribution >= 4 is 0 Å². The quantitative estimate of drug-likeness (QED) is 0.718. The van der Waals surface area contributed by atoms with Crippen molar-refractivity contribution in [3.63, 3.8) is 0 Å². The average molecular weight is 222 g/mol. The van der Waals surface area contributed by atoms with Gasteiger partial charge in [0.1, 0.15) is 0 Å². The summed E-state index contributed by atoms with van der Waals surface area (Å²) in [6.45, 7) is 0.224. The molecule has 0 bridgehead atoms. The summed E-state index contributed by atoms with van der Waals surface area (Å²) in [6, 6.07) is 2.75. The van der Waals surface area contributed by atoms with Gasteiger partial charge in [-0.05, 0) is 32.1 Å². The largest absolute Gasteiger partial charge is 0.394 e. The molecule has 0 aromatic heterocycles. The van der Waals surface area contributed by atoms with E-state index in [0.29, 0.717) is 6.04 Å².